The van der Waals surface area contributed by atoms with Crippen molar-refractivity contribution in [1.82, 2.24) is 10.6 Å². The second-order valence-electron chi connectivity index (χ2n) is 6.24. The van der Waals surface area contributed by atoms with Crippen molar-refractivity contribution >= 4 is 41.5 Å². The molecular formula is C19H27ClIN3O2. The normalized spacial score (nSPS) is 13.7. The minimum absolute atomic E-state index is 0. The second kappa shape index (κ2) is 10.2. The van der Waals surface area contributed by atoms with E-state index in [1.165, 1.54) is 0 Å². The zero-order valence-corrected chi connectivity index (χ0v) is 18.7. The molecule has 1 aromatic carbocycles. The Hall–Kier alpha value is -1.25. The molecule has 1 atom stereocenters. The van der Waals surface area contributed by atoms with Crippen molar-refractivity contribution < 1.29 is 9.52 Å². The van der Waals surface area contributed by atoms with Crippen LogP contribution in [-0.4, -0.2) is 24.2 Å². The standard InChI is InChI=1S/C19H26ClN3O2.HI/c1-5-21-18(22-11-15-8-6-7-9-17(15)20)23-12-19(4,24)16-10-13(2)25-14(16)3;/h6-10,24H,5,11-12H2,1-4H3,(H2,21,22,23);1H. The molecule has 1 heterocycles. The first-order valence-corrected chi connectivity index (χ1v) is 8.76. The maximum atomic E-state index is 10.8. The molecule has 1 unspecified atom stereocenters. The first-order chi connectivity index (χ1) is 11.8. The number of nitrogens with one attached hydrogen (secondary N) is 2. The van der Waals surface area contributed by atoms with Crippen LogP contribution in [0.4, 0.5) is 0 Å². The quantitative estimate of drug-likeness (QED) is 0.323. The van der Waals surface area contributed by atoms with Crippen LogP contribution in [0.1, 0.15) is 36.5 Å². The summed E-state index contributed by atoms with van der Waals surface area (Å²) >= 11 is 6.17. The summed E-state index contributed by atoms with van der Waals surface area (Å²) < 4.78 is 5.53. The smallest absolute Gasteiger partial charge is 0.191 e. The molecule has 0 spiro atoms. The van der Waals surface area contributed by atoms with Crippen LogP contribution < -0.4 is 10.6 Å². The van der Waals surface area contributed by atoms with Crippen molar-refractivity contribution in [2.24, 2.45) is 4.99 Å². The number of aliphatic hydroxyl groups is 1. The maximum absolute atomic E-state index is 10.8. The van der Waals surface area contributed by atoms with Gasteiger partial charge in [-0.2, -0.15) is 0 Å². The number of aliphatic imine (C=N–C) groups is 1. The number of benzene rings is 1. The van der Waals surface area contributed by atoms with Gasteiger partial charge in [-0.25, -0.2) is 4.99 Å². The van der Waals surface area contributed by atoms with Gasteiger partial charge in [-0.3, -0.25) is 0 Å². The molecular weight excluding hydrogens is 465 g/mol. The Labute approximate surface area is 177 Å². The number of rotatable bonds is 6. The topological polar surface area (TPSA) is 69.8 Å². The number of aryl methyl sites for hydroxylation is 2. The minimum atomic E-state index is -1.07. The van der Waals surface area contributed by atoms with Crippen molar-refractivity contribution in [2.75, 3.05) is 13.1 Å². The van der Waals surface area contributed by atoms with E-state index in [1.54, 1.807) is 6.92 Å². The average Bonchev–Trinajstić information content (AvgIpc) is 2.91. The molecule has 0 radical (unpaired) electrons. The lowest BCUT2D eigenvalue weighted by molar-refractivity contribution is 0.0601. The van der Waals surface area contributed by atoms with Gasteiger partial charge in [-0.15, -0.1) is 24.0 Å². The number of guanidine groups is 1. The Morgan fingerprint density at radius 1 is 1.27 bits per heavy atom. The Balaban J connectivity index is 0.00000338. The first kappa shape index (κ1) is 22.8. The van der Waals surface area contributed by atoms with Gasteiger partial charge < -0.3 is 20.2 Å². The highest BCUT2D eigenvalue weighted by atomic mass is 127. The lowest BCUT2D eigenvalue weighted by Crippen LogP contribution is -2.44. The fourth-order valence-corrected chi connectivity index (χ4v) is 2.84. The zero-order chi connectivity index (χ0) is 18.4. The molecule has 2 aromatic rings. The van der Waals surface area contributed by atoms with E-state index in [0.717, 1.165) is 29.2 Å². The number of hydrogen-bond acceptors (Lipinski definition) is 3. The van der Waals surface area contributed by atoms with Crippen LogP contribution in [0.15, 0.2) is 39.7 Å². The molecule has 0 bridgehead atoms. The number of nitrogens with zero attached hydrogens (tertiary/aromatic N) is 1. The molecule has 0 amide bonds. The van der Waals surface area contributed by atoms with Crippen molar-refractivity contribution in [3.8, 4) is 0 Å². The second-order valence-corrected chi connectivity index (χ2v) is 6.65. The van der Waals surface area contributed by atoms with Gasteiger partial charge >= 0.3 is 0 Å². The Kier molecular flexibility index (Phi) is 8.92. The molecule has 0 fully saturated rings. The summed E-state index contributed by atoms with van der Waals surface area (Å²) in [4.78, 5) is 4.54. The van der Waals surface area contributed by atoms with Crippen LogP contribution in [-0.2, 0) is 12.1 Å². The van der Waals surface area contributed by atoms with Gasteiger partial charge in [0.1, 0.15) is 17.1 Å². The van der Waals surface area contributed by atoms with E-state index >= 15 is 0 Å². The van der Waals surface area contributed by atoms with E-state index in [4.69, 9.17) is 16.0 Å². The highest BCUT2D eigenvalue weighted by Gasteiger charge is 2.27. The van der Waals surface area contributed by atoms with Gasteiger partial charge in [0.2, 0.25) is 0 Å². The summed E-state index contributed by atoms with van der Waals surface area (Å²) in [6, 6.07) is 9.49. The van der Waals surface area contributed by atoms with Crippen LogP contribution in [0, 0.1) is 13.8 Å². The zero-order valence-electron chi connectivity index (χ0n) is 15.6. The molecule has 2 rings (SSSR count). The summed E-state index contributed by atoms with van der Waals surface area (Å²) in [5.41, 5.74) is 0.663. The van der Waals surface area contributed by atoms with Crippen molar-refractivity contribution in [3.63, 3.8) is 0 Å². The molecule has 26 heavy (non-hydrogen) atoms. The van der Waals surface area contributed by atoms with Gasteiger partial charge in [0, 0.05) is 17.1 Å². The van der Waals surface area contributed by atoms with Crippen LogP contribution in [0.3, 0.4) is 0 Å². The average molecular weight is 492 g/mol. The van der Waals surface area contributed by atoms with Crippen LogP contribution >= 0.6 is 35.6 Å². The summed E-state index contributed by atoms with van der Waals surface area (Å²) in [5, 5.41) is 17.9. The molecule has 0 saturated carbocycles. The first-order valence-electron chi connectivity index (χ1n) is 8.39. The largest absolute Gasteiger partial charge is 0.466 e. The van der Waals surface area contributed by atoms with E-state index in [-0.39, 0.29) is 24.0 Å². The van der Waals surface area contributed by atoms with Gasteiger partial charge in [-0.05, 0) is 45.4 Å². The molecule has 7 heteroatoms. The molecule has 3 N–H and O–H groups in total. The van der Waals surface area contributed by atoms with Gasteiger partial charge in [0.15, 0.2) is 5.96 Å². The Bertz CT molecular complexity index is 744. The summed E-state index contributed by atoms with van der Waals surface area (Å²) in [6.07, 6.45) is 0. The fourth-order valence-electron chi connectivity index (χ4n) is 2.65. The monoisotopic (exact) mass is 491 g/mol. The lowest BCUT2D eigenvalue weighted by atomic mass is 9.96. The van der Waals surface area contributed by atoms with Gasteiger partial charge in [0.05, 0.1) is 13.1 Å². The molecule has 0 saturated heterocycles. The van der Waals surface area contributed by atoms with Crippen LogP contribution in [0.5, 0.6) is 0 Å². The Morgan fingerprint density at radius 3 is 2.54 bits per heavy atom. The number of hydrogen-bond donors (Lipinski definition) is 3. The highest BCUT2D eigenvalue weighted by Crippen LogP contribution is 2.26. The highest BCUT2D eigenvalue weighted by molar-refractivity contribution is 14.0. The third-order valence-corrected chi connectivity index (χ3v) is 4.30. The number of furan rings is 1. The SMILES string of the molecule is CCNC(=NCc1ccccc1Cl)NCC(C)(O)c1cc(C)oc1C.I. The molecule has 1 aromatic heterocycles. The third kappa shape index (κ3) is 6.17. The van der Waals surface area contributed by atoms with Crippen LogP contribution in [0.2, 0.25) is 5.02 Å². The molecule has 144 valence electrons. The van der Waals surface area contributed by atoms with E-state index in [0.29, 0.717) is 24.1 Å². The van der Waals surface area contributed by atoms with E-state index in [1.807, 2.05) is 51.1 Å². The number of halogens is 2. The summed E-state index contributed by atoms with van der Waals surface area (Å²) in [6.45, 7) is 8.97. The maximum Gasteiger partial charge on any atom is 0.191 e. The lowest BCUT2D eigenvalue weighted by Gasteiger charge is -2.24. The summed E-state index contributed by atoms with van der Waals surface area (Å²) in [5.74, 6) is 2.13. The van der Waals surface area contributed by atoms with Crippen molar-refractivity contribution in [1.29, 1.82) is 0 Å². The van der Waals surface area contributed by atoms with E-state index in [9.17, 15) is 5.11 Å². The van der Waals surface area contributed by atoms with Gasteiger partial charge in [0.25, 0.3) is 0 Å². The third-order valence-electron chi connectivity index (χ3n) is 3.93. The minimum Gasteiger partial charge on any atom is -0.466 e. The summed E-state index contributed by atoms with van der Waals surface area (Å²) in [7, 11) is 0. The van der Waals surface area contributed by atoms with E-state index < -0.39 is 5.60 Å². The molecule has 0 aliphatic rings. The van der Waals surface area contributed by atoms with Crippen molar-refractivity contribution in [3.05, 3.63) is 58.0 Å². The fraction of sp³-hybridized carbons (Fsp3) is 0.421. The van der Waals surface area contributed by atoms with E-state index in [2.05, 4.69) is 15.6 Å². The van der Waals surface area contributed by atoms with Crippen LogP contribution in [0.25, 0.3) is 0 Å². The van der Waals surface area contributed by atoms with Crippen molar-refractivity contribution in [2.45, 2.75) is 39.8 Å². The predicted octanol–water partition coefficient (Wildman–Crippen LogP) is 4.13. The molecule has 0 aliphatic carbocycles. The predicted molar refractivity (Wildman–Crippen MR) is 117 cm³/mol. The molecule has 0 aliphatic heterocycles. The Morgan fingerprint density at radius 2 is 1.96 bits per heavy atom. The molecule has 5 nitrogen and oxygen atoms in total. The van der Waals surface area contributed by atoms with Gasteiger partial charge in [-0.1, -0.05) is 29.8 Å².